The molecule has 158 valence electrons. The van der Waals surface area contributed by atoms with E-state index in [4.69, 9.17) is 14.2 Å². The molecular formula is C20H25BrN2O5S. The summed E-state index contributed by atoms with van der Waals surface area (Å²) in [6.07, 6.45) is 0. The molecule has 0 spiro atoms. The van der Waals surface area contributed by atoms with Crippen LogP contribution < -0.4 is 14.2 Å². The quantitative estimate of drug-likeness (QED) is 0.573. The van der Waals surface area contributed by atoms with Crippen LogP contribution in [0.1, 0.15) is 0 Å². The molecule has 0 amide bonds. The van der Waals surface area contributed by atoms with E-state index in [9.17, 15) is 8.42 Å². The van der Waals surface area contributed by atoms with Crippen molar-refractivity contribution in [3.05, 3.63) is 46.9 Å². The van der Waals surface area contributed by atoms with Gasteiger partial charge in [-0.2, -0.15) is 4.31 Å². The van der Waals surface area contributed by atoms with E-state index in [0.29, 0.717) is 44.3 Å². The second-order valence-electron chi connectivity index (χ2n) is 6.57. The lowest BCUT2D eigenvalue weighted by Gasteiger charge is -2.34. The first-order valence-electron chi connectivity index (χ1n) is 9.27. The maximum absolute atomic E-state index is 13.1. The van der Waals surface area contributed by atoms with E-state index in [-0.39, 0.29) is 4.90 Å². The van der Waals surface area contributed by atoms with Crippen molar-refractivity contribution < 1.29 is 22.6 Å². The van der Waals surface area contributed by atoms with Gasteiger partial charge >= 0.3 is 0 Å². The van der Waals surface area contributed by atoms with Crippen LogP contribution in [0.2, 0.25) is 0 Å². The molecule has 0 radical (unpaired) electrons. The van der Waals surface area contributed by atoms with E-state index in [2.05, 4.69) is 20.8 Å². The summed E-state index contributed by atoms with van der Waals surface area (Å²) < 4.78 is 44.9. The summed E-state index contributed by atoms with van der Waals surface area (Å²) in [7, 11) is -0.694. The Balaban J connectivity index is 1.57. The van der Waals surface area contributed by atoms with Crippen LogP contribution in [0, 0.1) is 0 Å². The van der Waals surface area contributed by atoms with Gasteiger partial charge in [0.2, 0.25) is 10.0 Å². The van der Waals surface area contributed by atoms with Gasteiger partial charge < -0.3 is 14.2 Å². The first kappa shape index (κ1) is 21.9. The Kier molecular flexibility index (Phi) is 7.39. The number of halogens is 1. The third kappa shape index (κ3) is 5.42. The number of ether oxygens (including phenoxy) is 3. The van der Waals surface area contributed by atoms with Crippen molar-refractivity contribution in [1.82, 2.24) is 9.21 Å². The molecule has 0 aliphatic carbocycles. The van der Waals surface area contributed by atoms with Gasteiger partial charge in [0, 0.05) is 43.3 Å². The second-order valence-corrected chi connectivity index (χ2v) is 9.39. The molecular weight excluding hydrogens is 460 g/mol. The summed E-state index contributed by atoms with van der Waals surface area (Å²) in [5.41, 5.74) is 0. The molecule has 1 saturated heterocycles. The first-order valence-corrected chi connectivity index (χ1v) is 11.5. The molecule has 3 rings (SSSR count). The fourth-order valence-corrected chi connectivity index (χ4v) is 5.14. The lowest BCUT2D eigenvalue weighted by molar-refractivity contribution is 0.158. The Morgan fingerprint density at radius 3 is 2.38 bits per heavy atom. The lowest BCUT2D eigenvalue weighted by atomic mass is 10.3. The van der Waals surface area contributed by atoms with Gasteiger partial charge in [0.05, 0.1) is 14.2 Å². The zero-order valence-corrected chi connectivity index (χ0v) is 18.9. The molecule has 2 aromatic rings. The monoisotopic (exact) mass is 484 g/mol. The predicted octanol–water partition coefficient (Wildman–Crippen LogP) is 2.85. The van der Waals surface area contributed by atoms with E-state index in [1.165, 1.54) is 24.6 Å². The highest BCUT2D eigenvalue weighted by Gasteiger charge is 2.31. The van der Waals surface area contributed by atoms with Crippen molar-refractivity contribution in [2.75, 3.05) is 53.6 Å². The molecule has 1 aliphatic heterocycles. The van der Waals surface area contributed by atoms with Gasteiger partial charge in [-0.1, -0.05) is 22.0 Å². The Bertz CT molecular complexity index is 930. The van der Waals surface area contributed by atoms with E-state index in [1.807, 2.05) is 24.3 Å². The molecule has 0 saturated carbocycles. The summed E-state index contributed by atoms with van der Waals surface area (Å²) in [4.78, 5) is 2.33. The molecule has 0 N–H and O–H groups in total. The summed E-state index contributed by atoms with van der Waals surface area (Å²) in [6.45, 7) is 3.41. The standard InChI is InChI=1S/C20H25BrN2O5S/c1-26-17-6-7-19(27-2)20(15-17)29(24,25)23-10-8-22(9-11-23)12-13-28-18-5-3-4-16(21)14-18/h3-7,14-15H,8-13H2,1-2H3. The zero-order valence-electron chi connectivity index (χ0n) is 16.5. The first-order chi connectivity index (χ1) is 13.9. The predicted molar refractivity (Wildman–Crippen MR) is 114 cm³/mol. The van der Waals surface area contributed by atoms with Crippen LogP contribution in [-0.2, 0) is 10.0 Å². The fraction of sp³-hybridized carbons (Fsp3) is 0.400. The minimum atomic E-state index is -3.66. The average molecular weight is 485 g/mol. The van der Waals surface area contributed by atoms with E-state index in [0.717, 1.165) is 16.8 Å². The van der Waals surface area contributed by atoms with Crippen molar-refractivity contribution in [3.63, 3.8) is 0 Å². The van der Waals surface area contributed by atoms with E-state index in [1.54, 1.807) is 12.1 Å². The largest absolute Gasteiger partial charge is 0.497 e. The molecule has 1 heterocycles. The topological polar surface area (TPSA) is 68.3 Å². The normalized spacial score (nSPS) is 15.8. The Morgan fingerprint density at radius 2 is 1.72 bits per heavy atom. The van der Waals surface area contributed by atoms with Crippen LogP contribution in [0.3, 0.4) is 0 Å². The zero-order chi connectivity index (χ0) is 20.9. The van der Waals surface area contributed by atoms with Crippen molar-refractivity contribution in [2.45, 2.75) is 4.90 Å². The number of sulfonamides is 1. The van der Waals surface area contributed by atoms with Crippen LogP contribution in [0.15, 0.2) is 51.8 Å². The van der Waals surface area contributed by atoms with Crippen LogP contribution >= 0.6 is 15.9 Å². The maximum atomic E-state index is 13.1. The molecule has 0 unspecified atom stereocenters. The number of rotatable bonds is 8. The highest BCUT2D eigenvalue weighted by molar-refractivity contribution is 9.10. The van der Waals surface area contributed by atoms with Crippen LogP contribution in [0.4, 0.5) is 0 Å². The number of hydrogen-bond acceptors (Lipinski definition) is 6. The minimum Gasteiger partial charge on any atom is -0.497 e. The van der Waals surface area contributed by atoms with Crippen molar-refractivity contribution in [3.8, 4) is 17.2 Å². The molecule has 0 atom stereocenters. The molecule has 0 aromatic heterocycles. The summed E-state index contributed by atoms with van der Waals surface area (Å²) in [5.74, 6) is 1.61. The van der Waals surface area contributed by atoms with Gasteiger partial charge in [0.15, 0.2) is 0 Å². The summed E-state index contributed by atoms with van der Waals surface area (Å²) >= 11 is 3.42. The SMILES string of the molecule is COc1ccc(OC)c(S(=O)(=O)N2CCN(CCOc3cccc(Br)c3)CC2)c1. The lowest BCUT2D eigenvalue weighted by Crippen LogP contribution is -2.49. The van der Waals surface area contributed by atoms with Gasteiger partial charge in [0.1, 0.15) is 28.8 Å². The average Bonchev–Trinajstić information content (AvgIpc) is 2.73. The van der Waals surface area contributed by atoms with Gasteiger partial charge in [-0.3, -0.25) is 4.90 Å². The number of benzene rings is 2. The molecule has 1 fully saturated rings. The Labute approximate surface area is 180 Å². The third-order valence-corrected chi connectivity index (χ3v) is 7.21. The summed E-state index contributed by atoms with van der Waals surface area (Å²) in [5, 5.41) is 0. The highest BCUT2D eigenvalue weighted by Crippen LogP contribution is 2.31. The van der Waals surface area contributed by atoms with Crippen molar-refractivity contribution in [1.29, 1.82) is 0 Å². The minimum absolute atomic E-state index is 0.130. The van der Waals surface area contributed by atoms with Crippen molar-refractivity contribution >= 4 is 26.0 Å². The third-order valence-electron chi connectivity index (χ3n) is 4.79. The van der Waals surface area contributed by atoms with Gasteiger partial charge in [-0.25, -0.2) is 8.42 Å². The van der Waals surface area contributed by atoms with E-state index < -0.39 is 10.0 Å². The van der Waals surface area contributed by atoms with Gasteiger partial charge in [-0.05, 0) is 30.3 Å². The number of hydrogen-bond donors (Lipinski definition) is 0. The maximum Gasteiger partial charge on any atom is 0.246 e. The Morgan fingerprint density at radius 1 is 0.966 bits per heavy atom. The summed E-state index contributed by atoms with van der Waals surface area (Å²) in [6, 6.07) is 12.5. The van der Waals surface area contributed by atoms with Gasteiger partial charge in [-0.15, -0.1) is 0 Å². The Hall–Kier alpha value is -1.81. The highest BCUT2D eigenvalue weighted by atomic mass is 79.9. The van der Waals surface area contributed by atoms with Crippen LogP contribution in [-0.4, -0.2) is 71.2 Å². The second kappa shape index (κ2) is 9.80. The molecule has 7 nitrogen and oxygen atoms in total. The molecule has 9 heteroatoms. The van der Waals surface area contributed by atoms with Crippen LogP contribution in [0.25, 0.3) is 0 Å². The smallest absolute Gasteiger partial charge is 0.246 e. The number of nitrogens with zero attached hydrogens (tertiary/aromatic N) is 2. The molecule has 1 aliphatic rings. The molecule has 2 aromatic carbocycles. The fourth-order valence-electron chi connectivity index (χ4n) is 3.17. The number of methoxy groups -OCH3 is 2. The number of piperazine rings is 1. The van der Waals surface area contributed by atoms with Crippen molar-refractivity contribution in [2.24, 2.45) is 0 Å². The van der Waals surface area contributed by atoms with Crippen LogP contribution in [0.5, 0.6) is 17.2 Å². The van der Waals surface area contributed by atoms with E-state index >= 15 is 0 Å². The molecule has 0 bridgehead atoms. The molecule has 29 heavy (non-hydrogen) atoms. The van der Waals surface area contributed by atoms with Gasteiger partial charge in [0.25, 0.3) is 0 Å².